The normalized spacial score (nSPS) is 25.2. The Morgan fingerprint density at radius 1 is 0.784 bits per heavy atom. The Morgan fingerprint density at radius 2 is 1.51 bits per heavy atom. The number of benzene rings is 4. The number of hydrogen-bond donors (Lipinski definition) is 0. The Kier molecular flexibility index (Phi) is 3.73. The van der Waals surface area contributed by atoms with Gasteiger partial charge in [-0.25, -0.2) is 4.39 Å². The highest BCUT2D eigenvalue weighted by Gasteiger charge is 2.62. The molecule has 0 bridgehead atoms. The van der Waals surface area contributed by atoms with Gasteiger partial charge in [0, 0.05) is 37.8 Å². The molecule has 37 heavy (non-hydrogen) atoms. The van der Waals surface area contributed by atoms with Gasteiger partial charge in [0.25, 0.3) is 6.71 Å². The lowest BCUT2D eigenvalue weighted by Crippen LogP contribution is -2.64. The molecule has 9 rings (SSSR count). The zero-order valence-corrected chi connectivity index (χ0v) is 21.8. The molecule has 0 amide bonds. The molecule has 2 unspecified atom stereocenters. The van der Waals surface area contributed by atoms with Crippen LogP contribution < -0.4 is 26.2 Å². The zero-order valence-electron chi connectivity index (χ0n) is 21.0. The molecule has 0 spiro atoms. The van der Waals surface area contributed by atoms with Crippen LogP contribution >= 0.6 is 11.8 Å². The first-order valence-electron chi connectivity index (χ1n) is 13.5. The van der Waals surface area contributed by atoms with Crippen molar-refractivity contribution >= 4 is 63.3 Å². The first-order chi connectivity index (χ1) is 18.0. The minimum absolute atomic E-state index is 0.0401. The molecule has 4 aliphatic heterocycles. The molecule has 180 valence electrons. The van der Waals surface area contributed by atoms with Crippen molar-refractivity contribution in [1.29, 1.82) is 0 Å². The van der Waals surface area contributed by atoms with Gasteiger partial charge in [-0.15, -0.1) is 0 Å². The van der Waals surface area contributed by atoms with Crippen molar-refractivity contribution in [3.63, 3.8) is 0 Å². The molecule has 4 aromatic carbocycles. The van der Waals surface area contributed by atoms with Crippen molar-refractivity contribution in [2.24, 2.45) is 0 Å². The van der Waals surface area contributed by atoms with Crippen molar-refractivity contribution in [2.45, 2.75) is 60.3 Å². The predicted molar refractivity (Wildman–Crippen MR) is 153 cm³/mol. The fraction of sp³-hybridized carbons (Fsp3) is 0.250. The second-order valence-corrected chi connectivity index (χ2v) is 12.8. The quantitative estimate of drug-likeness (QED) is 0.216. The molecule has 5 aliphatic rings. The van der Waals surface area contributed by atoms with Crippen LogP contribution in [0.25, 0.3) is 0 Å². The first-order valence-corrected chi connectivity index (χ1v) is 14.3. The molecule has 5 heteroatoms. The van der Waals surface area contributed by atoms with E-state index in [0.717, 1.165) is 41.9 Å². The maximum Gasteiger partial charge on any atom is 0.252 e. The number of para-hydroxylation sites is 3. The largest absolute Gasteiger partial charge is 0.335 e. The number of anilines is 5. The Labute approximate surface area is 221 Å². The van der Waals surface area contributed by atoms with Gasteiger partial charge in [-0.05, 0) is 66.5 Å². The third kappa shape index (κ3) is 2.21. The predicted octanol–water partition coefficient (Wildman–Crippen LogP) is 6.65. The average molecular weight is 500 g/mol. The van der Waals surface area contributed by atoms with Crippen molar-refractivity contribution in [3.8, 4) is 0 Å². The number of nitrogens with zero attached hydrogens (tertiary/aromatic N) is 2. The van der Waals surface area contributed by atoms with E-state index in [1.807, 2.05) is 17.8 Å². The summed E-state index contributed by atoms with van der Waals surface area (Å²) in [6.07, 6.45) is 4.45. The van der Waals surface area contributed by atoms with Crippen molar-refractivity contribution in [3.05, 3.63) is 84.2 Å². The third-order valence-electron chi connectivity index (χ3n) is 10.2. The lowest BCUT2D eigenvalue weighted by molar-refractivity contribution is 0.191. The highest BCUT2D eigenvalue weighted by molar-refractivity contribution is 7.99. The van der Waals surface area contributed by atoms with Crippen molar-refractivity contribution in [2.75, 3.05) is 9.80 Å². The van der Waals surface area contributed by atoms with Crippen LogP contribution in [0, 0.1) is 5.82 Å². The molecule has 4 heterocycles. The lowest BCUT2D eigenvalue weighted by Gasteiger charge is -2.52. The third-order valence-corrected chi connectivity index (χ3v) is 11.3. The Balaban J connectivity index is 1.47. The zero-order chi connectivity index (χ0) is 24.7. The molecule has 1 aliphatic carbocycles. The van der Waals surface area contributed by atoms with Gasteiger partial charge < -0.3 is 9.80 Å². The van der Waals surface area contributed by atoms with Crippen molar-refractivity contribution < 1.29 is 4.39 Å². The summed E-state index contributed by atoms with van der Waals surface area (Å²) in [5.74, 6) is -0.0401. The molecular formula is C32H26BFN2S. The summed E-state index contributed by atoms with van der Waals surface area (Å²) in [4.78, 5) is 7.41. The number of rotatable bonds is 0. The summed E-state index contributed by atoms with van der Waals surface area (Å²) in [5.41, 5.74) is 10.4. The van der Waals surface area contributed by atoms with E-state index in [2.05, 4.69) is 90.4 Å². The fourth-order valence-electron chi connectivity index (χ4n) is 8.47. The van der Waals surface area contributed by atoms with Crippen LogP contribution in [0.5, 0.6) is 0 Å². The lowest BCUT2D eigenvalue weighted by atomic mass is 9.33. The minimum Gasteiger partial charge on any atom is -0.335 e. The smallest absolute Gasteiger partial charge is 0.252 e. The minimum atomic E-state index is -0.223. The molecule has 0 saturated heterocycles. The van der Waals surface area contributed by atoms with Crippen LogP contribution in [0.1, 0.15) is 45.1 Å². The summed E-state index contributed by atoms with van der Waals surface area (Å²) in [5, 5.41) is 0. The van der Waals surface area contributed by atoms with Gasteiger partial charge >= 0.3 is 0 Å². The van der Waals surface area contributed by atoms with Gasteiger partial charge in [0.05, 0.1) is 16.9 Å². The maximum absolute atomic E-state index is 16.7. The highest BCUT2D eigenvalue weighted by Crippen LogP contribution is 2.63. The molecule has 1 saturated carbocycles. The Bertz CT molecular complexity index is 1700. The van der Waals surface area contributed by atoms with Gasteiger partial charge in [-0.2, -0.15) is 0 Å². The molecule has 4 aromatic rings. The van der Waals surface area contributed by atoms with E-state index in [1.165, 1.54) is 44.0 Å². The molecule has 0 aromatic heterocycles. The molecule has 2 nitrogen and oxygen atoms in total. The van der Waals surface area contributed by atoms with Gasteiger partial charge in [0.2, 0.25) is 0 Å². The van der Waals surface area contributed by atoms with E-state index in [9.17, 15) is 0 Å². The molecule has 0 radical (unpaired) electrons. The standard InChI is InChI=1S/C32H26BFN2S/c1-31-16-7-8-17-32(31,2)36-22-12-4-3-10-19(22)33-20-11-9-15-26-29(20)35(23-13-5-6-14-25(23)37-26)24-18-21(34)27(31)30(36)28(24)33/h3-6,9-15,18H,7-8,16-17H2,1-2H3. The maximum atomic E-state index is 16.7. The molecule has 1 fully saturated rings. The highest BCUT2D eigenvalue weighted by atomic mass is 32.2. The average Bonchev–Trinajstić information content (AvgIpc) is 3.14. The fourth-order valence-corrected chi connectivity index (χ4v) is 9.57. The van der Waals surface area contributed by atoms with E-state index in [0.29, 0.717) is 0 Å². The van der Waals surface area contributed by atoms with Crippen LogP contribution in [-0.4, -0.2) is 12.3 Å². The van der Waals surface area contributed by atoms with Gasteiger partial charge in [-0.3, -0.25) is 0 Å². The molecular weight excluding hydrogens is 474 g/mol. The van der Waals surface area contributed by atoms with E-state index in [1.54, 1.807) is 0 Å². The Morgan fingerprint density at radius 3 is 2.41 bits per heavy atom. The summed E-state index contributed by atoms with van der Waals surface area (Å²) < 4.78 is 16.7. The van der Waals surface area contributed by atoms with Crippen LogP contribution in [0.4, 0.5) is 32.8 Å². The number of hydrogen-bond acceptors (Lipinski definition) is 3. The van der Waals surface area contributed by atoms with Gasteiger partial charge in [0.1, 0.15) is 5.82 Å². The van der Waals surface area contributed by atoms with E-state index >= 15 is 4.39 Å². The van der Waals surface area contributed by atoms with E-state index < -0.39 is 0 Å². The van der Waals surface area contributed by atoms with Gasteiger partial charge in [-0.1, -0.05) is 74.0 Å². The second kappa shape index (κ2) is 6.63. The van der Waals surface area contributed by atoms with Crippen LogP contribution in [0.15, 0.2) is 82.6 Å². The SMILES string of the molecule is CC12CCCCC1(C)N1c3ccccc3B3c4cccc5c4N(c4ccccc4S5)c4cc(F)c2c1c43. The number of fused-ring (bicyclic) bond motifs is 10. The summed E-state index contributed by atoms with van der Waals surface area (Å²) >= 11 is 1.83. The van der Waals surface area contributed by atoms with Crippen molar-refractivity contribution in [1.82, 2.24) is 0 Å². The molecule has 2 atom stereocenters. The number of halogens is 1. The van der Waals surface area contributed by atoms with E-state index in [4.69, 9.17) is 0 Å². The molecule has 0 N–H and O–H groups in total. The summed E-state index contributed by atoms with van der Waals surface area (Å²) in [7, 11) is 0. The van der Waals surface area contributed by atoms with Crippen LogP contribution in [0.2, 0.25) is 0 Å². The van der Waals surface area contributed by atoms with E-state index in [-0.39, 0.29) is 23.5 Å². The topological polar surface area (TPSA) is 6.48 Å². The second-order valence-electron chi connectivity index (χ2n) is 11.8. The summed E-state index contributed by atoms with van der Waals surface area (Å²) in [6, 6.07) is 26.1. The first kappa shape index (κ1) is 20.8. The van der Waals surface area contributed by atoms with Gasteiger partial charge in [0.15, 0.2) is 0 Å². The monoisotopic (exact) mass is 500 g/mol. The Hall–Kier alpha value is -3.18. The van der Waals surface area contributed by atoms with Crippen LogP contribution in [-0.2, 0) is 5.41 Å². The van der Waals surface area contributed by atoms with Crippen LogP contribution in [0.3, 0.4) is 0 Å². The summed E-state index contributed by atoms with van der Waals surface area (Å²) in [6.45, 7) is 4.84.